The fraction of sp³-hybridized carbons (Fsp3) is 0.414. The van der Waals surface area contributed by atoms with Gasteiger partial charge in [0, 0.05) is 50.0 Å². The molecule has 0 spiro atoms. The molecule has 1 aromatic heterocycles. The zero-order chi connectivity index (χ0) is 28.8. The average Bonchev–Trinajstić information content (AvgIpc) is 2.92. The van der Waals surface area contributed by atoms with Gasteiger partial charge in [-0.25, -0.2) is 9.78 Å². The maximum atomic E-state index is 13.2. The summed E-state index contributed by atoms with van der Waals surface area (Å²) < 4.78 is 10.3. The van der Waals surface area contributed by atoms with Gasteiger partial charge in [0.05, 0.1) is 12.6 Å². The number of anilines is 2. The van der Waals surface area contributed by atoms with Gasteiger partial charge in [-0.3, -0.25) is 9.59 Å². The Kier molecular flexibility index (Phi) is 9.15. The molecule has 0 unspecified atom stereocenters. The van der Waals surface area contributed by atoms with Gasteiger partial charge in [-0.15, -0.1) is 0 Å². The van der Waals surface area contributed by atoms with E-state index >= 15 is 0 Å². The van der Waals surface area contributed by atoms with Crippen LogP contribution in [0, 0.1) is 5.92 Å². The van der Waals surface area contributed by atoms with Crippen LogP contribution in [0.25, 0.3) is 10.9 Å². The number of piperazine rings is 1. The lowest BCUT2D eigenvalue weighted by Gasteiger charge is -2.33. The van der Waals surface area contributed by atoms with E-state index in [0.29, 0.717) is 23.3 Å². The topological polar surface area (TPSA) is 140 Å². The highest BCUT2D eigenvalue weighted by molar-refractivity contribution is 6.01. The van der Waals surface area contributed by atoms with Crippen LogP contribution in [0.5, 0.6) is 5.75 Å². The van der Waals surface area contributed by atoms with Gasteiger partial charge in [0.2, 0.25) is 5.95 Å². The van der Waals surface area contributed by atoms with Crippen molar-refractivity contribution in [1.29, 1.82) is 0 Å². The predicted molar refractivity (Wildman–Crippen MR) is 152 cm³/mol. The van der Waals surface area contributed by atoms with Crippen molar-refractivity contribution in [1.82, 2.24) is 20.2 Å². The van der Waals surface area contributed by atoms with E-state index in [9.17, 15) is 14.4 Å². The van der Waals surface area contributed by atoms with E-state index in [0.717, 1.165) is 42.9 Å². The van der Waals surface area contributed by atoms with Crippen LogP contribution in [0.4, 0.5) is 11.8 Å². The molecule has 0 radical (unpaired) electrons. The van der Waals surface area contributed by atoms with Crippen molar-refractivity contribution in [3.05, 3.63) is 53.6 Å². The quantitative estimate of drug-likeness (QED) is 0.303. The van der Waals surface area contributed by atoms with Crippen molar-refractivity contribution in [2.24, 2.45) is 5.92 Å². The van der Waals surface area contributed by atoms with E-state index in [1.807, 2.05) is 19.9 Å². The first-order valence-corrected chi connectivity index (χ1v) is 13.3. The third-order valence-electron chi connectivity index (χ3n) is 6.72. The summed E-state index contributed by atoms with van der Waals surface area (Å²) in [5, 5.41) is 3.57. The Balaban J connectivity index is 1.48. The normalized spacial score (nSPS) is 14.7. The summed E-state index contributed by atoms with van der Waals surface area (Å²) in [7, 11) is 3.35. The molecule has 40 heavy (non-hydrogen) atoms. The van der Waals surface area contributed by atoms with E-state index in [4.69, 9.17) is 15.2 Å². The van der Waals surface area contributed by atoms with E-state index in [2.05, 4.69) is 32.1 Å². The molecule has 212 valence electrons. The standard InChI is InChI=1S/C29H36N6O5/c1-18(2)15-25(36)40-21-8-5-19(6-9-21)16-24(28(38)39-4)31-27(37)20-7-10-22-23(17-20)32-29(30)33-26(22)35-13-11-34(3)12-14-35/h5-10,17-18,24H,11-16H2,1-4H3,(H,31,37)(H2,30,32,33)/t24-/m0/s1. The Labute approximate surface area is 233 Å². The summed E-state index contributed by atoms with van der Waals surface area (Å²) in [6.07, 6.45) is 0.512. The van der Waals surface area contributed by atoms with Crippen molar-refractivity contribution >= 4 is 40.5 Å². The first-order chi connectivity index (χ1) is 19.1. The van der Waals surface area contributed by atoms with Gasteiger partial charge in [-0.05, 0) is 48.9 Å². The van der Waals surface area contributed by atoms with Crippen LogP contribution in [0.1, 0.15) is 36.2 Å². The summed E-state index contributed by atoms with van der Waals surface area (Å²) in [5.41, 5.74) is 7.66. The number of amides is 1. The Morgan fingerprint density at radius 1 is 1.02 bits per heavy atom. The Hall–Kier alpha value is -4.25. The molecule has 1 fully saturated rings. The Morgan fingerprint density at radius 2 is 1.73 bits per heavy atom. The van der Waals surface area contributed by atoms with Crippen LogP contribution in [0.2, 0.25) is 0 Å². The van der Waals surface area contributed by atoms with Crippen LogP contribution < -0.4 is 20.7 Å². The second-order valence-corrected chi connectivity index (χ2v) is 10.4. The highest BCUT2D eigenvalue weighted by Crippen LogP contribution is 2.26. The number of methoxy groups -OCH3 is 1. The molecule has 11 nitrogen and oxygen atoms in total. The molecule has 3 aromatic rings. The maximum absolute atomic E-state index is 13.2. The predicted octanol–water partition coefficient (Wildman–Crippen LogP) is 2.43. The smallest absolute Gasteiger partial charge is 0.328 e. The Bertz CT molecular complexity index is 1370. The molecule has 3 N–H and O–H groups in total. The zero-order valence-electron chi connectivity index (χ0n) is 23.3. The molecule has 0 bridgehead atoms. The number of likely N-dealkylation sites (N-methyl/N-ethyl adjacent to an activating group) is 1. The number of carbonyl (C=O) groups is 3. The largest absolute Gasteiger partial charge is 0.467 e. The minimum Gasteiger partial charge on any atom is -0.467 e. The first-order valence-electron chi connectivity index (χ1n) is 13.3. The molecule has 1 aliphatic heterocycles. The van der Waals surface area contributed by atoms with Crippen molar-refractivity contribution in [2.45, 2.75) is 32.7 Å². The van der Waals surface area contributed by atoms with E-state index in [1.165, 1.54) is 7.11 Å². The molecule has 2 heterocycles. The summed E-state index contributed by atoms with van der Waals surface area (Å²) in [6.45, 7) is 7.33. The van der Waals surface area contributed by atoms with Crippen molar-refractivity contribution in [3.63, 3.8) is 0 Å². The fourth-order valence-electron chi connectivity index (χ4n) is 4.54. The number of nitrogens with zero attached hydrogens (tertiary/aromatic N) is 4. The number of benzene rings is 2. The van der Waals surface area contributed by atoms with E-state index in [1.54, 1.807) is 36.4 Å². The second kappa shape index (κ2) is 12.7. The highest BCUT2D eigenvalue weighted by atomic mass is 16.5. The molecule has 4 rings (SSSR count). The second-order valence-electron chi connectivity index (χ2n) is 10.4. The average molecular weight is 549 g/mol. The van der Waals surface area contributed by atoms with Gasteiger partial charge in [0.1, 0.15) is 17.6 Å². The minimum absolute atomic E-state index is 0.129. The highest BCUT2D eigenvalue weighted by Gasteiger charge is 2.24. The number of ether oxygens (including phenoxy) is 2. The summed E-state index contributed by atoms with van der Waals surface area (Å²) >= 11 is 0. The number of nitrogens with one attached hydrogen (secondary N) is 1. The zero-order valence-corrected chi connectivity index (χ0v) is 23.3. The fourth-order valence-corrected chi connectivity index (χ4v) is 4.54. The summed E-state index contributed by atoms with van der Waals surface area (Å²) in [6, 6.07) is 11.0. The van der Waals surface area contributed by atoms with Crippen LogP contribution in [-0.4, -0.2) is 79.1 Å². The van der Waals surface area contributed by atoms with Gasteiger partial charge in [-0.2, -0.15) is 4.98 Å². The lowest BCUT2D eigenvalue weighted by molar-refractivity contribution is -0.142. The minimum atomic E-state index is -0.932. The third-order valence-corrected chi connectivity index (χ3v) is 6.72. The number of aromatic nitrogens is 2. The number of nitrogens with two attached hydrogens (primary N) is 1. The number of carbonyl (C=O) groups excluding carboxylic acids is 3. The lowest BCUT2D eigenvalue weighted by Crippen LogP contribution is -2.45. The molecular weight excluding hydrogens is 512 g/mol. The molecule has 1 aliphatic rings. The lowest BCUT2D eigenvalue weighted by atomic mass is 10.0. The molecular formula is C29H36N6O5. The van der Waals surface area contributed by atoms with Crippen molar-refractivity contribution in [3.8, 4) is 5.75 Å². The van der Waals surface area contributed by atoms with Crippen LogP contribution in [-0.2, 0) is 20.7 Å². The van der Waals surface area contributed by atoms with Gasteiger partial charge in [-0.1, -0.05) is 26.0 Å². The monoisotopic (exact) mass is 548 g/mol. The van der Waals surface area contributed by atoms with Crippen LogP contribution >= 0.6 is 0 Å². The number of rotatable bonds is 9. The third kappa shape index (κ3) is 7.23. The van der Waals surface area contributed by atoms with Gasteiger partial charge >= 0.3 is 11.9 Å². The first kappa shape index (κ1) is 28.8. The molecule has 11 heteroatoms. The van der Waals surface area contributed by atoms with Gasteiger partial charge in [0.25, 0.3) is 5.91 Å². The van der Waals surface area contributed by atoms with E-state index in [-0.39, 0.29) is 24.3 Å². The van der Waals surface area contributed by atoms with Crippen molar-refractivity contribution in [2.75, 3.05) is 51.0 Å². The molecule has 1 saturated heterocycles. The number of fused-ring (bicyclic) bond motifs is 1. The van der Waals surface area contributed by atoms with Gasteiger partial charge < -0.3 is 30.3 Å². The molecule has 0 saturated carbocycles. The number of hydrogen-bond acceptors (Lipinski definition) is 10. The van der Waals surface area contributed by atoms with Crippen LogP contribution in [0.15, 0.2) is 42.5 Å². The molecule has 1 atom stereocenters. The number of nitrogen functional groups attached to an aromatic ring is 1. The van der Waals surface area contributed by atoms with Gasteiger partial charge in [0.15, 0.2) is 0 Å². The summed E-state index contributed by atoms with van der Waals surface area (Å²) in [4.78, 5) is 50.9. The molecule has 0 aliphatic carbocycles. The summed E-state index contributed by atoms with van der Waals surface area (Å²) in [5.74, 6) is 0.156. The molecule has 1 amide bonds. The molecule has 2 aromatic carbocycles. The maximum Gasteiger partial charge on any atom is 0.328 e. The SMILES string of the molecule is COC(=O)[C@H](Cc1ccc(OC(=O)CC(C)C)cc1)NC(=O)c1ccc2c(N3CCN(C)CC3)nc(N)nc2c1. The number of hydrogen-bond donors (Lipinski definition) is 2. The number of esters is 2. The van der Waals surface area contributed by atoms with Crippen molar-refractivity contribution < 1.29 is 23.9 Å². The van der Waals surface area contributed by atoms with E-state index < -0.39 is 17.9 Å². The van der Waals surface area contributed by atoms with Crippen LogP contribution in [0.3, 0.4) is 0 Å². The Morgan fingerprint density at radius 3 is 2.38 bits per heavy atom.